The van der Waals surface area contributed by atoms with Gasteiger partial charge in [-0.25, -0.2) is 9.97 Å². The van der Waals surface area contributed by atoms with Crippen molar-refractivity contribution < 1.29 is 18.6 Å². The smallest absolute Gasteiger partial charge is 0.292 e. The Kier molecular flexibility index (Phi) is 5.04. The molecule has 0 spiro atoms. The van der Waals surface area contributed by atoms with Gasteiger partial charge in [-0.1, -0.05) is 0 Å². The summed E-state index contributed by atoms with van der Waals surface area (Å²) in [6.07, 6.45) is 0.712. The predicted octanol–water partition coefficient (Wildman–Crippen LogP) is 2.87. The maximum atomic E-state index is 6.26. The van der Waals surface area contributed by atoms with Gasteiger partial charge in [-0.15, -0.1) is 0 Å². The van der Waals surface area contributed by atoms with E-state index in [0.29, 0.717) is 49.8 Å². The number of hydrogen-bond acceptors (Lipinski definition) is 9. The highest BCUT2D eigenvalue weighted by Gasteiger charge is 2.41. The van der Waals surface area contributed by atoms with Gasteiger partial charge in [0.05, 0.1) is 31.6 Å². The monoisotopic (exact) mass is 425 g/mol. The number of anilines is 2. The lowest BCUT2D eigenvalue weighted by atomic mass is 9.96. The second-order valence-electron chi connectivity index (χ2n) is 8.31. The van der Waals surface area contributed by atoms with E-state index < -0.39 is 5.60 Å². The largest absolute Gasteiger partial charge is 0.424 e. The van der Waals surface area contributed by atoms with Gasteiger partial charge < -0.3 is 29.3 Å². The second-order valence-corrected chi connectivity index (χ2v) is 8.31. The molecule has 0 radical (unpaired) electrons. The van der Waals surface area contributed by atoms with Gasteiger partial charge >= 0.3 is 0 Å². The Morgan fingerprint density at radius 1 is 1.29 bits per heavy atom. The van der Waals surface area contributed by atoms with Gasteiger partial charge in [-0.2, -0.15) is 4.98 Å². The molecule has 0 amide bonds. The summed E-state index contributed by atoms with van der Waals surface area (Å²) in [7, 11) is 1.70. The first-order valence-electron chi connectivity index (χ1n) is 10.5. The van der Waals surface area contributed by atoms with Gasteiger partial charge in [0.15, 0.2) is 11.4 Å². The number of benzene rings is 1. The number of morpholine rings is 1. The van der Waals surface area contributed by atoms with E-state index in [-0.39, 0.29) is 12.1 Å². The molecule has 0 bridgehead atoms. The third kappa shape index (κ3) is 3.52. The van der Waals surface area contributed by atoms with Crippen molar-refractivity contribution in [2.45, 2.75) is 38.5 Å². The molecule has 9 heteroatoms. The highest BCUT2D eigenvalue weighted by Crippen LogP contribution is 2.43. The summed E-state index contributed by atoms with van der Waals surface area (Å²) in [5.74, 6) is 1.54. The fourth-order valence-electron chi connectivity index (χ4n) is 4.32. The third-order valence-corrected chi connectivity index (χ3v) is 6.11. The molecule has 2 atom stereocenters. The van der Waals surface area contributed by atoms with E-state index in [9.17, 15) is 0 Å². The van der Waals surface area contributed by atoms with Crippen LogP contribution in [-0.2, 0) is 26.4 Å². The van der Waals surface area contributed by atoms with Crippen LogP contribution in [0.4, 0.5) is 11.8 Å². The summed E-state index contributed by atoms with van der Waals surface area (Å²) < 4.78 is 22.7. The number of ether oxygens (including phenoxy) is 3. The van der Waals surface area contributed by atoms with Crippen LogP contribution in [0.25, 0.3) is 22.5 Å². The Morgan fingerprint density at radius 3 is 2.97 bits per heavy atom. The van der Waals surface area contributed by atoms with Gasteiger partial charge in [0.25, 0.3) is 6.01 Å². The van der Waals surface area contributed by atoms with Crippen LogP contribution in [0.1, 0.15) is 31.5 Å². The van der Waals surface area contributed by atoms with Crippen molar-refractivity contribution in [1.82, 2.24) is 15.0 Å². The summed E-state index contributed by atoms with van der Waals surface area (Å²) in [6, 6.07) is 6.05. The third-order valence-electron chi connectivity index (χ3n) is 6.11. The molecular formula is C22H27N5O4. The molecular weight excluding hydrogens is 398 g/mol. The minimum Gasteiger partial charge on any atom is -0.424 e. The lowest BCUT2D eigenvalue weighted by molar-refractivity contribution is -0.0448. The first-order chi connectivity index (χ1) is 15.0. The molecule has 0 aliphatic carbocycles. The fourth-order valence-corrected chi connectivity index (χ4v) is 4.32. The lowest BCUT2D eigenvalue weighted by Crippen LogP contribution is -2.44. The molecule has 5 rings (SSSR count). The van der Waals surface area contributed by atoms with Crippen LogP contribution >= 0.6 is 0 Å². The van der Waals surface area contributed by atoms with E-state index in [1.54, 1.807) is 7.11 Å². The lowest BCUT2D eigenvalue weighted by Gasteiger charge is -2.35. The molecule has 3 aromatic rings. The molecule has 2 aliphatic rings. The topological polar surface area (TPSA) is 109 Å². The van der Waals surface area contributed by atoms with Crippen molar-refractivity contribution in [2.24, 2.45) is 0 Å². The second kappa shape index (κ2) is 7.74. The van der Waals surface area contributed by atoms with Gasteiger partial charge in [0.2, 0.25) is 0 Å². The van der Waals surface area contributed by atoms with Gasteiger partial charge in [0.1, 0.15) is 16.9 Å². The fraction of sp³-hybridized carbons (Fsp3) is 0.500. The molecule has 1 unspecified atom stereocenters. The standard InChI is InChI=1S/C22H27N5O4/c1-13-11-29-9-7-27(13)20-15-12-30-22(2,6-8-28-3)18(15)25-19(26-20)14-4-5-17-16(10-14)24-21(23)31-17/h4-5,10,13H,6-9,11-12H2,1-3H3,(H2,23,24)/t13?,22-/m1/s1. The molecule has 31 heavy (non-hydrogen) atoms. The average Bonchev–Trinajstić information content (AvgIpc) is 3.31. The van der Waals surface area contributed by atoms with E-state index in [0.717, 1.165) is 29.2 Å². The Labute approximate surface area is 180 Å². The van der Waals surface area contributed by atoms with Crippen molar-refractivity contribution in [3.63, 3.8) is 0 Å². The number of aromatic nitrogens is 3. The van der Waals surface area contributed by atoms with Crippen LogP contribution < -0.4 is 10.6 Å². The summed E-state index contributed by atoms with van der Waals surface area (Å²) in [4.78, 5) is 16.5. The van der Waals surface area contributed by atoms with E-state index >= 15 is 0 Å². The maximum Gasteiger partial charge on any atom is 0.292 e. The number of oxazole rings is 1. The zero-order chi connectivity index (χ0) is 21.6. The normalized spacial score (nSPS) is 23.5. The Hall–Kier alpha value is -2.75. The zero-order valence-electron chi connectivity index (χ0n) is 18.1. The van der Waals surface area contributed by atoms with E-state index in [1.165, 1.54) is 0 Å². The number of nitrogens with two attached hydrogens (primary N) is 1. The Balaban J connectivity index is 1.65. The zero-order valence-corrected chi connectivity index (χ0v) is 18.1. The summed E-state index contributed by atoms with van der Waals surface area (Å²) >= 11 is 0. The van der Waals surface area contributed by atoms with E-state index in [2.05, 4.69) is 23.7 Å². The van der Waals surface area contributed by atoms with Crippen LogP contribution in [0.2, 0.25) is 0 Å². The minimum atomic E-state index is -0.532. The molecule has 1 saturated heterocycles. The SMILES string of the molecule is COCC[C@@]1(C)OCc2c(N3CCOCC3C)nc(-c3ccc4oc(N)nc4c3)nc21. The van der Waals surface area contributed by atoms with Crippen molar-refractivity contribution >= 4 is 22.9 Å². The average molecular weight is 425 g/mol. The number of methoxy groups -OCH3 is 1. The summed E-state index contributed by atoms with van der Waals surface area (Å²) in [5, 5.41) is 0. The van der Waals surface area contributed by atoms with Crippen LogP contribution in [0.15, 0.2) is 22.6 Å². The molecule has 2 aromatic heterocycles. The Morgan fingerprint density at radius 2 is 2.16 bits per heavy atom. The number of rotatable bonds is 5. The first-order valence-corrected chi connectivity index (χ1v) is 10.5. The van der Waals surface area contributed by atoms with Crippen LogP contribution in [0.5, 0.6) is 0 Å². The van der Waals surface area contributed by atoms with Crippen molar-refractivity contribution in [2.75, 3.05) is 44.1 Å². The minimum absolute atomic E-state index is 0.144. The van der Waals surface area contributed by atoms with Crippen LogP contribution in [-0.4, -0.2) is 54.5 Å². The highest BCUT2D eigenvalue weighted by molar-refractivity contribution is 5.80. The van der Waals surface area contributed by atoms with Gasteiger partial charge in [0, 0.05) is 37.8 Å². The number of nitrogens with zero attached hydrogens (tertiary/aromatic N) is 4. The van der Waals surface area contributed by atoms with Gasteiger partial charge in [-0.05, 0) is 32.0 Å². The highest BCUT2D eigenvalue weighted by atomic mass is 16.5. The van der Waals surface area contributed by atoms with Crippen molar-refractivity contribution in [3.05, 3.63) is 29.5 Å². The summed E-state index contributed by atoms with van der Waals surface area (Å²) in [6.45, 7) is 7.40. The van der Waals surface area contributed by atoms with Crippen molar-refractivity contribution in [1.29, 1.82) is 0 Å². The molecule has 9 nitrogen and oxygen atoms in total. The van der Waals surface area contributed by atoms with Crippen molar-refractivity contribution in [3.8, 4) is 11.4 Å². The first kappa shape index (κ1) is 20.2. The predicted molar refractivity (Wildman–Crippen MR) is 116 cm³/mol. The van der Waals surface area contributed by atoms with Gasteiger partial charge in [-0.3, -0.25) is 0 Å². The molecule has 2 N–H and O–H groups in total. The maximum absolute atomic E-state index is 6.26. The molecule has 2 aliphatic heterocycles. The molecule has 1 fully saturated rings. The number of fused-ring (bicyclic) bond motifs is 2. The number of nitrogen functional groups attached to an aromatic ring is 1. The Bertz CT molecular complexity index is 1120. The van der Waals surface area contributed by atoms with Crippen LogP contribution in [0, 0.1) is 0 Å². The summed E-state index contributed by atoms with van der Waals surface area (Å²) in [5.41, 5.74) is 9.32. The van der Waals surface area contributed by atoms with Crippen LogP contribution in [0.3, 0.4) is 0 Å². The van der Waals surface area contributed by atoms with E-state index in [4.69, 9.17) is 34.3 Å². The van der Waals surface area contributed by atoms with E-state index in [1.807, 2.05) is 18.2 Å². The number of hydrogen-bond donors (Lipinski definition) is 1. The molecule has 4 heterocycles. The molecule has 1 aromatic carbocycles. The molecule has 164 valence electrons. The molecule has 0 saturated carbocycles. The quantitative estimate of drug-likeness (QED) is 0.660.